The van der Waals surface area contributed by atoms with Crippen LogP contribution in [0.15, 0.2) is 0 Å². The average Bonchev–Trinajstić information content (AvgIpc) is 2.64. The summed E-state index contributed by atoms with van der Waals surface area (Å²) >= 11 is 0. The highest BCUT2D eigenvalue weighted by Crippen LogP contribution is 2.25. The molecule has 2 heterocycles. The van der Waals surface area contributed by atoms with Crippen molar-refractivity contribution in [2.75, 3.05) is 26.7 Å². The lowest BCUT2D eigenvalue weighted by atomic mass is 9.95. The van der Waals surface area contributed by atoms with E-state index in [-0.39, 0.29) is 17.6 Å². The Morgan fingerprint density at radius 2 is 2.29 bits per heavy atom. The third-order valence-electron chi connectivity index (χ3n) is 3.21. The lowest BCUT2D eigenvalue weighted by molar-refractivity contribution is -0.159. The molecule has 1 N–H and O–H groups in total. The molecular weight excluding hydrogens is 180 g/mol. The third-order valence-corrected chi connectivity index (χ3v) is 3.21. The van der Waals surface area contributed by atoms with Crippen molar-refractivity contribution in [3.63, 3.8) is 0 Å². The second-order valence-corrected chi connectivity index (χ2v) is 4.50. The zero-order valence-electron chi connectivity index (χ0n) is 8.88. The first-order valence-corrected chi connectivity index (χ1v) is 5.22. The quantitative estimate of drug-likeness (QED) is 0.678. The highest BCUT2D eigenvalue weighted by Gasteiger charge is 2.43. The van der Waals surface area contributed by atoms with Gasteiger partial charge in [-0.15, -0.1) is 0 Å². The molecule has 0 unspecified atom stereocenters. The molecule has 2 fully saturated rings. The lowest BCUT2D eigenvalue weighted by Crippen LogP contribution is -2.65. The van der Waals surface area contributed by atoms with Gasteiger partial charge in [0, 0.05) is 7.11 Å². The van der Waals surface area contributed by atoms with Gasteiger partial charge in [0.15, 0.2) is 0 Å². The van der Waals surface area contributed by atoms with Gasteiger partial charge in [0.1, 0.15) is 0 Å². The molecule has 0 radical (unpaired) electrons. The molecule has 0 aromatic rings. The molecular formula is C10H18N2O2. The van der Waals surface area contributed by atoms with Crippen molar-refractivity contribution in [1.82, 2.24) is 10.2 Å². The standard InChI is InChI=1S/C10H18N2O2/c1-10(14-2)6-12(7-10)9(13)8-4-3-5-11-8/h8,11H,3-7H2,1-2H3/t8-/m1/s1. The van der Waals surface area contributed by atoms with Gasteiger partial charge in [-0.3, -0.25) is 4.79 Å². The summed E-state index contributed by atoms with van der Waals surface area (Å²) in [5, 5.41) is 3.22. The Morgan fingerprint density at radius 3 is 2.79 bits per heavy atom. The summed E-state index contributed by atoms with van der Waals surface area (Å²) in [6.45, 7) is 4.49. The minimum atomic E-state index is -0.103. The first-order chi connectivity index (χ1) is 6.64. The van der Waals surface area contributed by atoms with Crippen LogP contribution >= 0.6 is 0 Å². The molecule has 0 spiro atoms. The average molecular weight is 198 g/mol. The van der Waals surface area contributed by atoms with Crippen molar-refractivity contribution in [2.45, 2.75) is 31.4 Å². The van der Waals surface area contributed by atoms with Gasteiger partial charge in [-0.25, -0.2) is 0 Å². The summed E-state index contributed by atoms with van der Waals surface area (Å²) in [5.74, 6) is 0.247. The second kappa shape index (κ2) is 3.51. The first-order valence-electron chi connectivity index (χ1n) is 5.22. The van der Waals surface area contributed by atoms with Gasteiger partial charge >= 0.3 is 0 Å². The number of hydrogen-bond acceptors (Lipinski definition) is 3. The number of ether oxygens (including phenoxy) is 1. The van der Waals surface area contributed by atoms with E-state index >= 15 is 0 Å². The largest absolute Gasteiger partial charge is 0.375 e. The zero-order valence-corrected chi connectivity index (χ0v) is 8.88. The Balaban J connectivity index is 1.84. The summed E-state index contributed by atoms with van der Waals surface area (Å²) in [6.07, 6.45) is 2.10. The maximum atomic E-state index is 11.8. The minimum Gasteiger partial charge on any atom is -0.375 e. The molecule has 2 aliphatic rings. The SMILES string of the molecule is COC1(C)CN(C(=O)[C@H]2CCCN2)C1. The van der Waals surface area contributed by atoms with Crippen LogP contribution < -0.4 is 5.32 Å². The molecule has 14 heavy (non-hydrogen) atoms. The number of methoxy groups -OCH3 is 1. The van der Waals surface area contributed by atoms with Gasteiger partial charge in [0.25, 0.3) is 0 Å². The number of carbonyl (C=O) groups is 1. The van der Waals surface area contributed by atoms with Crippen LogP contribution in [-0.2, 0) is 9.53 Å². The molecule has 0 aromatic heterocycles. The molecule has 2 aliphatic heterocycles. The fourth-order valence-corrected chi connectivity index (χ4v) is 2.16. The molecule has 1 atom stereocenters. The fourth-order valence-electron chi connectivity index (χ4n) is 2.16. The molecule has 80 valence electrons. The van der Waals surface area contributed by atoms with E-state index in [2.05, 4.69) is 5.32 Å². The van der Waals surface area contributed by atoms with Crippen molar-refractivity contribution < 1.29 is 9.53 Å². The second-order valence-electron chi connectivity index (χ2n) is 4.50. The molecule has 4 nitrogen and oxygen atoms in total. The van der Waals surface area contributed by atoms with Crippen LogP contribution in [0.2, 0.25) is 0 Å². The van der Waals surface area contributed by atoms with Crippen LogP contribution in [0.5, 0.6) is 0 Å². The normalized spacial score (nSPS) is 30.1. The van der Waals surface area contributed by atoms with E-state index in [9.17, 15) is 4.79 Å². The summed E-state index contributed by atoms with van der Waals surface area (Å²) in [7, 11) is 1.70. The number of nitrogens with zero attached hydrogens (tertiary/aromatic N) is 1. The Labute approximate surface area is 84.6 Å². The number of nitrogens with one attached hydrogen (secondary N) is 1. The molecule has 4 heteroatoms. The van der Waals surface area contributed by atoms with Gasteiger partial charge in [-0.2, -0.15) is 0 Å². The maximum absolute atomic E-state index is 11.8. The van der Waals surface area contributed by atoms with Crippen LogP contribution in [-0.4, -0.2) is 49.2 Å². The van der Waals surface area contributed by atoms with Gasteiger partial charge < -0.3 is 15.0 Å². The van der Waals surface area contributed by atoms with E-state index in [1.165, 1.54) is 0 Å². The van der Waals surface area contributed by atoms with Crippen LogP contribution in [0.25, 0.3) is 0 Å². The topological polar surface area (TPSA) is 41.6 Å². The predicted octanol–water partition coefficient (Wildman–Crippen LogP) is -0.0143. The van der Waals surface area contributed by atoms with Gasteiger partial charge in [-0.05, 0) is 26.3 Å². The zero-order chi connectivity index (χ0) is 10.2. The van der Waals surface area contributed by atoms with E-state index in [4.69, 9.17) is 4.74 Å². The Morgan fingerprint density at radius 1 is 1.57 bits per heavy atom. The molecule has 2 saturated heterocycles. The summed E-state index contributed by atoms with van der Waals surface area (Å²) in [4.78, 5) is 13.7. The van der Waals surface area contributed by atoms with Crippen LogP contribution in [0, 0.1) is 0 Å². The monoisotopic (exact) mass is 198 g/mol. The number of amides is 1. The number of likely N-dealkylation sites (tertiary alicyclic amines) is 1. The van der Waals surface area contributed by atoms with Crippen molar-refractivity contribution in [2.24, 2.45) is 0 Å². The Kier molecular flexibility index (Phi) is 2.49. The molecule has 1 amide bonds. The summed E-state index contributed by atoms with van der Waals surface area (Å²) in [6, 6.07) is 0.0661. The fraction of sp³-hybridized carbons (Fsp3) is 0.900. The Bertz CT molecular complexity index is 230. The highest BCUT2D eigenvalue weighted by molar-refractivity contribution is 5.83. The minimum absolute atomic E-state index is 0.0661. The van der Waals surface area contributed by atoms with E-state index in [0.717, 1.165) is 32.5 Å². The van der Waals surface area contributed by atoms with E-state index in [1.807, 2.05) is 11.8 Å². The molecule has 0 aliphatic carbocycles. The van der Waals surface area contributed by atoms with Crippen molar-refractivity contribution in [3.8, 4) is 0 Å². The van der Waals surface area contributed by atoms with E-state index < -0.39 is 0 Å². The van der Waals surface area contributed by atoms with E-state index in [1.54, 1.807) is 7.11 Å². The first kappa shape index (κ1) is 9.93. The molecule has 2 rings (SSSR count). The van der Waals surface area contributed by atoms with E-state index in [0.29, 0.717) is 0 Å². The van der Waals surface area contributed by atoms with Crippen LogP contribution in [0.4, 0.5) is 0 Å². The lowest BCUT2D eigenvalue weighted by Gasteiger charge is -2.47. The van der Waals surface area contributed by atoms with Crippen molar-refractivity contribution in [1.29, 1.82) is 0 Å². The Hall–Kier alpha value is -0.610. The van der Waals surface area contributed by atoms with Crippen molar-refractivity contribution >= 4 is 5.91 Å². The molecule has 0 saturated carbocycles. The van der Waals surface area contributed by atoms with Crippen LogP contribution in [0.1, 0.15) is 19.8 Å². The van der Waals surface area contributed by atoms with Gasteiger partial charge in [0.2, 0.25) is 5.91 Å². The van der Waals surface area contributed by atoms with Crippen molar-refractivity contribution in [3.05, 3.63) is 0 Å². The number of rotatable bonds is 2. The number of hydrogen-bond donors (Lipinski definition) is 1. The molecule has 0 aromatic carbocycles. The predicted molar refractivity (Wildman–Crippen MR) is 53.0 cm³/mol. The van der Waals surface area contributed by atoms with Gasteiger partial charge in [0.05, 0.1) is 24.7 Å². The smallest absolute Gasteiger partial charge is 0.239 e. The third kappa shape index (κ3) is 1.64. The maximum Gasteiger partial charge on any atom is 0.239 e. The number of carbonyl (C=O) groups excluding carboxylic acids is 1. The highest BCUT2D eigenvalue weighted by atomic mass is 16.5. The van der Waals surface area contributed by atoms with Gasteiger partial charge in [-0.1, -0.05) is 0 Å². The summed E-state index contributed by atoms with van der Waals surface area (Å²) < 4.78 is 5.30. The summed E-state index contributed by atoms with van der Waals surface area (Å²) in [5.41, 5.74) is -0.103. The molecule has 0 bridgehead atoms. The van der Waals surface area contributed by atoms with Crippen LogP contribution in [0.3, 0.4) is 0 Å².